The Kier molecular flexibility index (Phi) is 5.14. The molecule has 1 aliphatic carbocycles. The molecule has 0 bridgehead atoms. The van der Waals surface area contributed by atoms with Crippen LogP contribution in [0.25, 0.3) is 0 Å². The van der Waals surface area contributed by atoms with Gasteiger partial charge in [0.15, 0.2) is 0 Å². The quantitative estimate of drug-likeness (QED) is 0.844. The summed E-state index contributed by atoms with van der Waals surface area (Å²) in [6.45, 7) is 6.27. The summed E-state index contributed by atoms with van der Waals surface area (Å²) in [5.74, 6) is -0.232. The molecule has 0 aliphatic heterocycles. The molecule has 0 aromatic heterocycles. The average Bonchev–Trinajstić information content (AvgIpc) is 2.61. The molecule has 0 saturated heterocycles. The zero-order valence-electron chi connectivity index (χ0n) is 15.9. The first-order valence-electron chi connectivity index (χ1n) is 9.12. The summed E-state index contributed by atoms with van der Waals surface area (Å²) in [7, 11) is -3.77. The van der Waals surface area contributed by atoms with Crippen molar-refractivity contribution in [3.63, 3.8) is 0 Å². The number of nitrogens with one attached hydrogen (secondary N) is 1. The summed E-state index contributed by atoms with van der Waals surface area (Å²) >= 11 is 0. The number of rotatable bonds is 4. The summed E-state index contributed by atoms with van der Waals surface area (Å²) in [6.07, 6.45) is 1.73. The number of hydrogen-bond donors (Lipinski definition) is 2. The summed E-state index contributed by atoms with van der Waals surface area (Å²) in [5, 5.41) is 8.25. The Hall–Kier alpha value is -2.18. The molecule has 0 fully saturated rings. The van der Waals surface area contributed by atoms with E-state index in [1.807, 2.05) is 25.1 Å². The van der Waals surface area contributed by atoms with Crippen molar-refractivity contribution in [3.05, 3.63) is 65.2 Å². The van der Waals surface area contributed by atoms with Crippen LogP contribution < -0.4 is 10.5 Å². The van der Waals surface area contributed by atoms with Crippen LogP contribution in [0.5, 0.6) is 0 Å². The number of nitrogens with two attached hydrogens (primary N) is 1. The number of carbonyl (C=O) groups excluding carboxylic acids is 1. The standard InChI is InChI=1S/C21H26N2O3S/c1-14(15-7-6-8-16(13-15)27(22,25)26)23-20(24)18-11-12-21(2,3)19-10-5-4-9-17(18)19/h4-10,13-14,18H,11-12H2,1-3H3,(H,23,24)(H2,22,25,26)/t14-,18-/m1/s1. The van der Waals surface area contributed by atoms with Crippen molar-refractivity contribution in [2.75, 3.05) is 0 Å². The maximum Gasteiger partial charge on any atom is 0.238 e. The van der Waals surface area contributed by atoms with Crippen LogP contribution in [0.1, 0.15) is 62.3 Å². The van der Waals surface area contributed by atoms with Crippen molar-refractivity contribution < 1.29 is 13.2 Å². The fraction of sp³-hybridized carbons (Fsp3) is 0.381. The van der Waals surface area contributed by atoms with Gasteiger partial charge in [-0.15, -0.1) is 0 Å². The molecular formula is C21H26N2O3S. The van der Waals surface area contributed by atoms with Gasteiger partial charge < -0.3 is 5.32 Å². The van der Waals surface area contributed by atoms with E-state index in [0.717, 1.165) is 18.4 Å². The van der Waals surface area contributed by atoms with Crippen LogP contribution in [-0.2, 0) is 20.2 Å². The first kappa shape index (κ1) is 19.6. The van der Waals surface area contributed by atoms with E-state index in [2.05, 4.69) is 25.2 Å². The van der Waals surface area contributed by atoms with Gasteiger partial charge in [0.05, 0.1) is 16.9 Å². The summed E-state index contributed by atoms with van der Waals surface area (Å²) < 4.78 is 23.1. The Morgan fingerprint density at radius 1 is 1.19 bits per heavy atom. The molecule has 1 aliphatic rings. The number of sulfonamides is 1. The molecule has 3 N–H and O–H groups in total. The Balaban J connectivity index is 1.82. The highest BCUT2D eigenvalue weighted by Gasteiger charge is 2.35. The monoisotopic (exact) mass is 386 g/mol. The van der Waals surface area contributed by atoms with E-state index in [-0.39, 0.29) is 28.2 Å². The molecule has 3 rings (SSSR count). The van der Waals surface area contributed by atoms with Crippen molar-refractivity contribution in [2.45, 2.75) is 55.9 Å². The van der Waals surface area contributed by atoms with Gasteiger partial charge in [-0.3, -0.25) is 4.79 Å². The third kappa shape index (κ3) is 4.06. The fourth-order valence-corrected chi connectivity index (χ4v) is 4.41. The normalized spacial score (nSPS) is 19.8. The van der Waals surface area contributed by atoms with Crippen LogP contribution in [0, 0.1) is 0 Å². The van der Waals surface area contributed by atoms with Gasteiger partial charge in [-0.05, 0) is 54.0 Å². The number of benzene rings is 2. The zero-order chi connectivity index (χ0) is 19.8. The average molecular weight is 387 g/mol. The van der Waals surface area contributed by atoms with Gasteiger partial charge in [-0.1, -0.05) is 50.2 Å². The van der Waals surface area contributed by atoms with Crippen LogP contribution in [0.15, 0.2) is 53.4 Å². The lowest BCUT2D eigenvalue weighted by Crippen LogP contribution is -2.36. The van der Waals surface area contributed by atoms with Gasteiger partial charge in [0.1, 0.15) is 0 Å². The molecule has 0 spiro atoms. The molecule has 27 heavy (non-hydrogen) atoms. The van der Waals surface area contributed by atoms with E-state index in [4.69, 9.17) is 5.14 Å². The zero-order valence-corrected chi connectivity index (χ0v) is 16.7. The number of hydrogen-bond acceptors (Lipinski definition) is 3. The highest BCUT2D eigenvalue weighted by atomic mass is 32.2. The van der Waals surface area contributed by atoms with Gasteiger partial charge in [0.25, 0.3) is 0 Å². The number of primary sulfonamides is 1. The second kappa shape index (κ2) is 7.09. The van der Waals surface area contributed by atoms with Crippen molar-refractivity contribution in [1.29, 1.82) is 0 Å². The first-order valence-corrected chi connectivity index (χ1v) is 10.7. The van der Waals surface area contributed by atoms with Gasteiger partial charge in [-0.2, -0.15) is 0 Å². The van der Waals surface area contributed by atoms with Gasteiger partial charge >= 0.3 is 0 Å². The Labute approximate surface area is 161 Å². The molecule has 2 atom stereocenters. The van der Waals surface area contributed by atoms with Gasteiger partial charge in [-0.25, -0.2) is 13.6 Å². The Morgan fingerprint density at radius 2 is 1.89 bits per heavy atom. The fourth-order valence-electron chi connectivity index (χ4n) is 3.84. The highest BCUT2D eigenvalue weighted by Crippen LogP contribution is 2.42. The third-order valence-corrected chi connectivity index (χ3v) is 6.40. The summed E-state index contributed by atoms with van der Waals surface area (Å²) in [5.41, 5.74) is 3.07. The predicted molar refractivity (Wildman–Crippen MR) is 106 cm³/mol. The molecule has 2 aromatic rings. The van der Waals surface area contributed by atoms with Gasteiger partial charge in [0.2, 0.25) is 15.9 Å². The molecular weight excluding hydrogens is 360 g/mol. The van der Waals surface area contributed by atoms with Crippen molar-refractivity contribution in [3.8, 4) is 0 Å². The van der Waals surface area contributed by atoms with Crippen LogP contribution in [0.2, 0.25) is 0 Å². The second-order valence-corrected chi connectivity index (χ2v) is 9.47. The number of amides is 1. The van der Waals surface area contributed by atoms with Crippen LogP contribution in [-0.4, -0.2) is 14.3 Å². The Morgan fingerprint density at radius 3 is 2.59 bits per heavy atom. The van der Waals surface area contributed by atoms with E-state index in [1.54, 1.807) is 12.1 Å². The highest BCUT2D eigenvalue weighted by molar-refractivity contribution is 7.89. The first-order chi connectivity index (χ1) is 12.6. The smallest absolute Gasteiger partial charge is 0.238 e. The second-order valence-electron chi connectivity index (χ2n) is 7.91. The van der Waals surface area contributed by atoms with E-state index in [0.29, 0.717) is 5.56 Å². The topological polar surface area (TPSA) is 89.3 Å². The molecule has 6 heteroatoms. The SMILES string of the molecule is C[C@@H](NC(=O)[C@@H]1CCC(C)(C)c2ccccc21)c1cccc(S(N)(=O)=O)c1. The van der Waals surface area contributed by atoms with Crippen molar-refractivity contribution in [2.24, 2.45) is 5.14 Å². The molecule has 0 unspecified atom stereocenters. The molecule has 1 amide bonds. The largest absolute Gasteiger partial charge is 0.349 e. The molecule has 5 nitrogen and oxygen atoms in total. The number of carbonyl (C=O) groups is 1. The van der Waals surface area contributed by atoms with Gasteiger partial charge in [0, 0.05) is 0 Å². The molecule has 2 aromatic carbocycles. The lowest BCUT2D eigenvalue weighted by molar-refractivity contribution is -0.123. The van der Waals surface area contributed by atoms with Crippen LogP contribution in [0.4, 0.5) is 0 Å². The number of fused-ring (bicyclic) bond motifs is 1. The minimum atomic E-state index is -3.77. The Bertz CT molecular complexity index is 967. The van der Waals surface area contributed by atoms with Crippen LogP contribution in [0.3, 0.4) is 0 Å². The molecule has 0 radical (unpaired) electrons. The van der Waals surface area contributed by atoms with E-state index in [9.17, 15) is 13.2 Å². The van der Waals surface area contributed by atoms with Crippen LogP contribution >= 0.6 is 0 Å². The van der Waals surface area contributed by atoms with E-state index in [1.165, 1.54) is 17.7 Å². The lowest BCUT2D eigenvalue weighted by Gasteiger charge is -2.36. The summed E-state index contributed by atoms with van der Waals surface area (Å²) in [4.78, 5) is 13.0. The van der Waals surface area contributed by atoms with E-state index >= 15 is 0 Å². The van der Waals surface area contributed by atoms with Crippen molar-refractivity contribution in [1.82, 2.24) is 5.32 Å². The third-order valence-electron chi connectivity index (χ3n) is 5.49. The molecule has 144 valence electrons. The maximum absolute atomic E-state index is 13.0. The minimum absolute atomic E-state index is 0.0357. The summed E-state index contributed by atoms with van der Waals surface area (Å²) in [6, 6.07) is 14.2. The van der Waals surface area contributed by atoms with E-state index < -0.39 is 10.0 Å². The lowest BCUT2D eigenvalue weighted by atomic mass is 9.68. The maximum atomic E-state index is 13.0. The van der Waals surface area contributed by atoms with Crippen molar-refractivity contribution >= 4 is 15.9 Å². The predicted octanol–water partition coefficient (Wildman–Crippen LogP) is 3.37. The molecule has 0 saturated carbocycles. The minimum Gasteiger partial charge on any atom is -0.349 e. The molecule has 0 heterocycles.